The van der Waals surface area contributed by atoms with Crippen molar-refractivity contribution >= 4 is 29.0 Å². The van der Waals surface area contributed by atoms with Gasteiger partial charge in [-0.05, 0) is 47.6 Å². The maximum atomic E-state index is 15.3. The molecular formula is C23H14ClF5N4O2. The molecule has 2 aromatic rings. The summed E-state index contributed by atoms with van der Waals surface area (Å²) >= 11 is 6.28. The van der Waals surface area contributed by atoms with E-state index in [-0.39, 0.29) is 27.8 Å². The molecule has 2 aromatic carbocycles. The molecule has 2 atom stereocenters. The standard InChI is InChI=1S/C23H14ClF5N4O2/c24-14-2-1-10(25)7-11(14)19-18-12(8-16-31-3-4-33(16)20(18)22(35)32-19)17-13(21(30)34)5-9(6-15(17)26)23(27,28)29/h1-8,19-20,31H,(H2,30,34)(H,32,35). The van der Waals surface area contributed by atoms with Gasteiger partial charge in [0.25, 0.3) is 0 Å². The van der Waals surface area contributed by atoms with Crippen molar-refractivity contribution in [3.05, 3.63) is 99.1 Å². The summed E-state index contributed by atoms with van der Waals surface area (Å²) in [4.78, 5) is 26.8. The zero-order chi connectivity index (χ0) is 25.2. The molecule has 0 radical (unpaired) electrons. The molecule has 3 aliphatic heterocycles. The molecule has 2 amide bonds. The second-order valence-corrected chi connectivity index (χ2v) is 8.43. The maximum Gasteiger partial charge on any atom is 0.416 e. The number of nitrogens with two attached hydrogens (primary N) is 1. The number of benzene rings is 2. The van der Waals surface area contributed by atoms with Gasteiger partial charge < -0.3 is 21.3 Å². The molecule has 3 heterocycles. The normalized spacial score (nSPS) is 20.9. The van der Waals surface area contributed by atoms with Gasteiger partial charge in [-0.3, -0.25) is 9.59 Å². The Bertz CT molecular complexity index is 1400. The van der Waals surface area contributed by atoms with Crippen molar-refractivity contribution in [3.8, 4) is 0 Å². The zero-order valence-corrected chi connectivity index (χ0v) is 18.1. The van der Waals surface area contributed by atoms with Gasteiger partial charge in [0.15, 0.2) is 0 Å². The molecular weight excluding hydrogens is 495 g/mol. The van der Waals surface area contributed by atoms with Gasteiger partial charge in [-0.15, -0.1) is 0 Å². The Labute approximate surface area is 199 Å². The SMILES string of the molecule is NC(=O)c1cc(C(F)(F)F)cc(F)c1C1=C2C(c3cc(F)ccc3Cl)NC(=O)C2N2C=CNC2=C1. The van der Waals surface area contributed by atoms with E-state index >= 15 is 4.39 Å². The van der Waals surface area contributed by atoms with E-state index in [2.05, 4.69) is 10.6 Å². The van der Waals surface area contributed by atoms with Crippen LogP contribution >= 0.6 is 11.6 Å². The topological polar surface area (TPSA) is 87.5 Å². The quantitative estimate of drug-likeness (QED) is 0.548. The van der Waals surface area contributed by atoms with Crippen LogP contribution in [0.4, 0.5) is 22.0 Å². The fourth-order valence-corrected chi connectivity index (χ4v) is 4.76. The predicted octanol–water partition coefficient (Wildman–Crippen LogP) is 3.96. The third kappa shape index (κ3) is 3.63. The van der Waals surface area contributed by atoms with Crippen molar-refractivity contribution in [3.63, 3.8) is 0 Å². The van der Waals surface area contributed by atoms with Crippen molar-refractivity contribution in [1.82, 2.24) is 15.5 Å². The highest BCUT2D eigenvalue weighted by atomic mass is 35.5. The second-order valence-electron chi connectivity index (χ2n) is 8.02. The zero-order valence-electron chi connectivity index (χ0n) is 17.4. The highest BCUT2D eigenvalue weighted by Gasteiger charge is 2.48. The lowest BCUT2D eigenvalue weighted by Gasteiger charge is -2.32. The molecule has 35 heavy (non-hydrogen) atoms. The first kappa shape index (κ1) is 22.9. The third-order valence-electron chi connectivity index (χ3n) is 5.98. The van der Waals surface area contributed by atoms with E-state index in [0.717, 1.165) is 12.1 Å². The lowest BCUT2D eigenvalue weighted by molar-refractivity contribution is -0.137. The first-order valence-corrected chi connectivity index (χ1v) is 10.5. The first-order valence-electron chi connectivity index (χ1n) is 10.1. The minimum absolute atomic E-state index is 0.0545. The second kappa shape index (κ2) is 7.84. The van der Waals surface area contributed by atoms with E-state index in [4.69, 9.17) is 17.3 Å². The highest BCUT2D eigenvalue weighted by Crippen LogP contribution is 2.46. The summed E-state index contributed by atoms with van der Waals surface area (Å²) in [7, 11) is 0. The summed E-state index contributed by atoms with van der Waals surface area (Å²) in [6.45, 7) is 0. The summed E-state index contributed by atoms with van der Waals surface area (Å²) in [5, 5.41) is 5.65. The van der Waals surface area contributed by atoms with Crippen LogP contribution in [0.25, 0.3) is 5.57 Å². The van der Waals surface area contributed by atoms with Gasteiger partial charge >= 0.3 is 6.18 Å². The van der Waals surface area contributed by atoms with Crippen LogP contribution in [0, 0.1) is 11.6 Å². The fraction of sp³-hybridized carbons (Fsp3) is 0.130. The Hall–Kier alpha value is -3.86. The Balaban J connectivity index is 1.83. The Morgan fingerprint density at radius 2 is 1.89 bits per heavy atom. The van der Waals surface area contributed by atoms with E-state index in [1.54, 1.807) is 6.20 Å². The van der Waals surface area contributed by atoms with Crippen molar-refractivity contribution in [2.24, 2.45) is 5.73 Å². The molecule has 3 aliphatic rings. The summed E-state index contributed by atoms with van der Waals surface area (Å²) in [5.74, 6) is -3.56. The largest absolute Gasteiger partial charge is 0.416 e. The number of hydrogen-bond donors (Lipinski definition) is 3. The number of halogens is 6. The number of alkyl halides is 3. The number of rotatable bonds is 3. The average Bonchev–Trinajstić information content (AvgIpc) is 3.38. The first-order chi connectivity index (χ1) is 16.5. The number of primary amides is 1. The van der Waals surface area contributed by atoms with Crippen LogP contribution in [-0.2, 0) is 11.0 Å². The van der Waals surface area contributed by atoms with Crippen LogP contribution in [-0.4, -0.2) is 22.8 Å². The van der Waals surface area contributed by atoms with E-state index in [0.29, 0.717) is 11.9 Å². The molecule has 4 N–H and O–H groups in total. The lowest BCUT2D eigenvalue weighted by atomic mass is 9.84. The van der Waals surface area contributed by atoms with Gasteiger partial charge in [-0.25, -0.2) is 8.78 Å². The van der Waals surface area contributed by atoms with Crippen LogP contribution in [0.1, 0.15) is 33.1 Å². The van der Waals surface area contributed by atoms with Gasteiger partial charge in [0, 0.05) is 28.5 Å². The summed E-state index contributed by atoms with van der Waals surface area (Å²) in [5.41, 5.74) is 2.98. The number of amides is 2. The average molecular weight is 509 g/mol. The van der Waals surface area contributed by atoms with Crippen LogP contribution < -0.4 is 16.4 Å². The van der Waals surface area contributed by atoms with Crippen LogP contribution in [0.3, 0.4) is 0 Å². The number of nitrogens with one attached hydrogen (secondary N) is 2. The smallest absolute Gasteiger partial charge is 0.366 e. The molecule has 1 fully saturated rings. The molecule has 5 rings (SSSR count). The number of allylic oxidation sites excluding steroid dienone is 2. The number of fused-ring (bicyclic) bond motifs is 3. The fourth-order valence-electron chi connectivity index (χ4n) is 4.53. The van der Waals surface area contributed by atoms with Crippen molar-refractivity contribution in [1.29, 1.82) is 0 Å². The monoisotopic (exact) mass is 508 g/mol. The number of hydrogen-bond acceptors (Lipinski definition) is 4. The Kier molecular flexibility index (Phi) is 5.13. The third-order valence-corrected chi connectivity index (χ3v) is 6.32. The Morgan fingerprint density at radius 1 is 1.14 bits per heavy atom. The van der Waals surface area contributed by atoms with Gasteiger partial charge in [0.2, 0.25) is 11.8 Å². The van der Waals surface area contributed by atoms with Gasteiger partial charge in [-0.2, -0.15) is 13.2 Å². The number of nitrogens with zero attached hydrogens (tertiary/aromatic N) is 1. The maximum absolute atomic E-state index is 15.3. The van der Waals surface area contributed by atoms with Crippen LogP contribution in [0.5, 0.6) is 0 Å². The van der Waals surface area contributed by atoms with E-state index in [1.807, 2.05) is 0 Å². The van der Waals surface area contributed by atoms with Gasteiger partial charge in [0.05, 0.1) is 17.2 Å². The Morgan fingerprint density at radius 3 is 2.57 bits per heavy atom. The highest BCUT2D eigenvalue weighted by molar-refractivity contribution is 6.31. The molecule has 0 bridgehead atoms. The summed E-state index contributed by atoms with van der Waals surface area (Å²) in [6, 6.07) is 2.05. The van der Waals surface area contributed by atoms with Gasteiger partial charge in [0.1, 0.15) is 23.5 Å². The molecule has 12 heteroatoms. The van der Waals surface area contributed by atoms with Crippen LogP contribution in [0.15, 0.2) is 60.2 Å². The number of carbonyl (C=O) groups is 2. The van der Waals surface area contributed by atoms with Crippen LogP contribution in [0.2, 0.25) is 5.02 Å². The lowest BCUT2D eigenvalue weighted by Crippen LogP contribution is -2.39. The van der Waals surface area contributed by atoms with Gasteiger partial charge in [-0.1, -0.05) is 11.6 Å². The molecule has 180 valence electrons. The molecule has 6 nitrogen and oxygen atoms in total. The summed E-state index contributed by atoms with van der Waals surface area (Å²) < 4.78 is 69.4. The molecule has 0 aliphatic carbocycles. The molecule has 0 spiro atoms. The number of carbonyl (C=O) groups excluding carboxylic acids is 2. The van der Waals surface area contributed by atoms with Crippen molar-refractivity contribution in [2.75, 3.05) is 0 Å². The summed E-state index contributed by atoms with van der Waals surface area (Å²) in [6.07, 6.45) is -0.517. The van der Waals surface area contributed by atoms with E-state index in [9.17, 15) is 27.2 Å². The minimum atomic E-state index is -4.94. The van der Waals surface area contributed by atoms with Crippen molar-refractivity contribution < 1.29 is 31.5 Å². The molecule has 0 saturated carbocycles. The van der Waals surface area contributed by atoms with Crippen molar-refractivity contribution in [2.45, 2.75) is 18.3 Å². The molecule has 1 saturated heterocycles. The minimum Gasteiger partial charge on any atom is -0.366 e. The molecule has 2 unspecified atom stereocenters. The van der Waals surface area contributed by atoms with E-state index < -0.39 is 58.4 Å². The van der Waals surface area contributed by atoms with E-state index in [1.165, 1.54) is 23.2 Å². The predicted molar refractivity (Wildman–Crippen MR) is 115 cm³/mol. The molecule has 0 aromatic heterocycles.